The quantitative estimate of drug-likeness (QED) is 0.351. The second kappa shape index (κ2) is 11.1. The van der Waals surface area contributed by atoms with Crippen LogP contribution in [0.15, 0.2) is 66.7 Å². The number of amides is 1. The van der Waals surface area contributed by atoms with Gasteiger partial charge in [0, 0.05) is 47.9 Å². The van der Waals surface area contributed by atoms with E-state index in [-0.39, 0.29) is 17.4 Å². The zero-order valence-corrected chi connectivity index (χ0v) is 22.5. The van der Waals surface area contributed by atoms with Crippen molar-refractivity contribution in [3.63, 3.8) is 0 Å². The summed E-state index contributed by atoms with van der Waals surface area (Å²) in [4.78, 5) is 19.6. The Labute approximate surface area is 227 Å². The van der Waals surface area contributed by atoms with Crippen LogP contribution in [0.5, 0.6) is 0 Å². The van der Waals surface area contributed by atoms with Gasteiger partial charge >= 0.3 is 0 Å². The van der Waals surface area contributed by atoms with Gasteiger partial charge in [0.2, 0.25) is 0 Å². The van der Waals surface area contributed by atoms with E-state index in [2.05, 4.69) is 25.4 Å². The van der Waals surface area contributed by atoms with Crippen molar-refractivity contribution in [2.75, 3.05) is 29.9 Å². The standard InChI is InChI=1S/C28H28ClN5O3S/c1-19-15-20(5-10-25(19)29)17-26-31-27(33-32-26)22-6-8-24(9-7-22)30-28(35)23-4-2-3-21(16-23)18-34-11-13-38(36,37)14-12-34/h2-10,15-16H,11-14,17-18H2,1H3,(H,30,35)(H,31,32,33). The summed E-state index contributed by atoms with van der Waals surface area (Å²) < 4.78 is 23.3. The van der Waals surface area contributed by atoms with Gasteiger partial charge in [-0.3, -0.25) is 14.8 Å². The molecule has 0 atom stereocenters. The number of aromatic nitrogens is 3. The van der Waals surface area contributed by atoms with Gasteiger partial charge in [0.1, 0.15) is 5.82 Å². The zero-order valence-electron chi connectivity index (χ0n) is 20.9. The summed E-state index contributed by atoms with van der Waals surface area (Å²) >= 11 is 6.12. The van der Waals surface area contributed by atoms with E-state index in [1.165, 1.54) is 0 Å². The fourth-order valence-electron chi connectivity index (χ4n) is 4.40. The second-order valence-corrected chi connectivity index (χ2v) is 12.2. The summed E-state index contributed by atoms with van der Waals surface area (Å²) in [6, 6.07) is 20.7. The summed E-state index contributed by atoms with van der Waals surface area (Å²) in [7, 11) is -2.92. The van der Waals surface area contributed by atoms with E-state index >= 15 is 0 Å². The Kier molecular flexibility index (Phi) is 7.60. The van der Waals surface area contributed by atoms with Crippen LogP contribution in [-0.2, 0) is 22.8 Å². The maximum Gasteiger partial charge on any atom is 0.255 e. The minimum absolute atomic E-state index is 0.181. The molecular weight excluding hydrogens is 522 g/mol. The van der Waals surface area contributed by atoms with E-state index in [9.17, 15) is 13.2 Å². The van der Waals surface area contributed by atoms with Crippen molar-refractivity contribution in [3.05, 3.63) is 99.8 Å². The van der Waals surface area contributed by atoms with Gasteiger partial charge in [-0.05, 0) is 66.1 Å². The number of rotatable bonds is 7. The van der Waals surface area contributed by atoms with Crippen molar-refractivity contribution in [3.8, 4) is 11.4 Å². The van der Waals surface area contributed by atoms with Gasteiger partial charge in [0.15, 0.2) is 15.7 Å². The lowest BCUT2D eigenvalue weighted by Crippen LogP contribution is -2.39. The second-order valence-electron chi connectivity index (χ2n) is 9.53. The van der Waals surface area contributed by atoms with E-state index < -0.39 is 9.84 Å². The predicted molar refractivity (Wildman–Crippen MR) is 149 cm³/mol. The number of carbonyl (C=O) groups excluding carboxylic acids is 1. The first-order valence-corrected chi connectivity index (χ1v) is 14.5. The van der Waals surface area contributed by atoms with Crippen LogP contribution in [0.25, 0.3) is 11.4 Å². The fraction of sp³-hybridized carbons (Fsp3) is 0.250. The van der Waals surface area contributed by atoms with Crippen molar-refractivity contribution in [2.24, 2.45) is 0 Å². The van der Waals surface area contributed by atoms with Gasteiger partial charge in [-0.25, -0.2) is 13.4 Å². The average molecular weight is 550 g/mol. The van der Waals surface area contributed by atoms with Crippen LogP contribution in [0.3, 0.4) is 0 Å². The van der Waals surface area contributed by atoms with E-state index in [1.54, 1.807) is 6.07 Å². The first-order valence-electron chi connectivity index (χ1n) is 12.3. The normalized spacial score (nSPS) is 15.3. The van der Waals surface area contributed by atoms with Gasteiger partial charge in [0.05, 0.1) is 11.5 Å². The number of nitrogens with one attached hydrogen (secondary N) is 2. The molecule has 5 rings (SSSR count). The van der Waals surface area contributed by atoms with Crippen molar-refractivity contribution >= 4 is 33.0 Å². The summed E-state index contributed by atoms with van der Waals surface area (Å²) in [5.41, 5.74) is 5.14. The molecule has 2 N–H and O–H groups in total. The molecule has 1 fully saturated rings. The van der Waals surface area contributed by atoms with Crippen molar-refractivity contribution in [1.29, 1.82) is 0 Å². The number of halogens is 1. The molecule has 0 radical (unpaired) electrons. The third-order valence-corrected chi connectivity index (χ3v) is 8.59. The molecule has 0 aliphatic carbocycles. The van der Waals surface area contributed by atoms with Crippen LogP contribution in [0.2, 0.25) is 5.02 Å². The van der Waals surface area contributed by atoms with Crippen LogP contribution >= 0.6 is 11.6 Å². The summed E-state index contributed by atoms with van der Waals surface area (Å²) in [5.74, 6) is 1.49. The molecule has 10 heteroatoms. The minimum atomic E-state index is -2.92. The molecule has 3 aromatic carbocycles. The molecule has 4 aromatic rings. The number of anilines is 1. The minimum Gasteiger partial charge on any atom is -0.322 e. The number of nitrogens with zero attached hydrogens (tertiary/aromatic N) is 3. The number of aromatic amines is 1. The Morgan fingerprint density at radius 3 is 2.53 bits per heavy atom. The summed E-state index contributed by atoms with van der Waals surface area (Å²) in [6.07, 6.45) is 0.620. The maximum atomic E-state index is 12.9. The van der Waals surface area contributed by atoms with E-state index in [0.29, 0.717) is 43.1 Å². The molecule has 1 amide bonds. The molecule has 1 aliphatic heterocycles. The highest BCUT2D eigenvalue weighted by Gasteiger charge is 2.21. The molecule has 196 valence electrons. The topological polar surface area (TPSA) is 108 Å². The van der Waals surface area contributed by atoms with Gasteiger partial charge in [-0.1, -0.05) is 35.9 Å². The molecule has 1 saturated heterocycles. The lowest BCUT2D eigenvalue weighted by atomic mass is 10.1. The van der Waals surface area contributed by atoms with Crippen LogP contribution in [0.1, 0.15) is 32.9 Å². The van der Waals surface area contributed by atoms with E-state index in [4.69, 9.17) is 11.6 Å². The molecule has 0 saturated carbocycles. The van der Waals surface area contributed by atoms with Crippen LogP contribution in [0.4, 0.5) is 5.69 Å². The van der Waals surface area contributed by atoms with Crippen molar-refractivity contribution < 1.29 is 13.2 Å². The Morgan fingerprint density at radius 2 is 1.79 bits per heavy atom. The van der Waals surface area contributed by atoms with Crippen LogP contribution < -0.4 is 5.32 Å². The molecular formula is C28H28ClN5O3S. The number of carbonyl (C=O) groups is 1. The lowest BCUT2D eigenvalue weighted by molar-refractivity contribution is 0.102. The molecule has 0 unspecified atom stereocenters. The smallest absolute Gasteiger partial charge is 0.255 e. The Balaban J connectivity index is 1.19. The molecule has 0 spiro atoms. The van der Waals surface area contributed by atoms with E-state index in [1.807, 2.05) is 67.6 Å². The number of H-pyrrole nitrogens is 1. The Bertz CT molecular complexity index is 1550. The lowest BCUT2D eigenvalue weighted by Gasteiger charge is -2.26. The number of sulfone groups is 1. The largest absolute Gasteiger partial charge is 0.322 e. The maximum absolute atomic E-state index is 12.9. The number of aryl methyl sites for hydroxylation is 1. The highest BCUT2D eigenvalue weighted by Crippen LogP contribution is 2.21. The first kappa shape index (κ1) is 26.1. The predicted octanol–water partition coefficient (Wildman–Crippen LogP) is 4.51. The number of benzene rings is 3. The van der Waals surface area contributed by atoms with Gasteiger partial charge < -0.3 is 5.32 Å². The highest BCUT2D eigenvalue weighted by atomic mass is 35.5. The average Bonchev–Trinajstić information content (AvgIpc) is 3.36. The molecule has 1 aliphatic rings. The molecule has 2 heterocycles. The fourth-order valence-corrected chi connectivity index (χ4v) is 5.79. The molecule has 0 bridgehead atoms. The highest BCUT2D eigenvalue weighted by molar-refractivity contribution is 7.91. The molecule has 38 heavy (non-hydrogen) atoms. The van der Waals surface area contributed by atoms with Crippen molar-refractivity contribution in [1.82, 2.24) is 20.1 Å². The molecule has 1 aromatic heterocycles. The van der Waals surface area contributed by atoms with Crippen LogP contribution in [0, 0.1) is 6.92 Å². The third-order valence-electron chi connectivity index (χ3n) is 6.56. The first-order chi connectivity index (χ1) is 18.2. The SMILES string of the molecule is Cc1cc(Cc2nc(-c3ccc(NC(=O)c4cccc(CN5CCS(=O)(=O)CC5)c4)cc3)n[nH]2)ccc1Cl. The van der Waals surface area contributed by atoms with Gasteiger partial charge in [0.25, 0.3) is 5.91 Å². The molecule has 8 nitrogen and oxygen atoms in total. The Morgan fingerprint density at radius 1 is 1.03 bits per heavy atom. The van der Waals surface area contributed by atoms with E-state index in [0.717, 1.165) is 33.1 Å². The third kappa shape index (κ3) is 6.48. The van der Waals surface area contributed by atoms with Gasteiger partial charge in [-0.15, -0.1) is 0 Å². The van der Waals surface area contributed by atoms with Crippen LogP contribution in [-0.4, -0.2) is 59.0 Å². The zero-order chi connectivity index (χ0) is 26.7. The summed E-state index contributed by atoms with van der Waals surface area (Å²) in [6.45, 7) is 3.61. The Hall–Kier alpha value is -3.53. The van der Waals surface area contributed by atoms with Gasteiger partial charge in [-0.2, -0.15) is 5.10 Å². The summed E-state index contributed by atoms with van der Waals surface area (Å²) in [5, 5.41) is 11.0. The van der Waals surface area contributed by atoms with Crippen molar-refractivity contribution in [2.45, 2.75) is 19.9 Å². The monoisotopic (exact) mass is 549 g/mol. The number of hydrogen-bond acceptors (Lipinski definition) is 6. The number of hydrogen-bond donors (Lipinski definition) is 2.